The van der Waals surface area contributed by atoms with E-state index in [1.54, 1.807) is 6.92 Å². The van der Waals surface area contributed by atoms with Crippen molar-refractivity contribution in [3.8, 4) is 0 Å². The van der Waals surface area contributed by atoms with Gasteiger partial charge in [-0.05, 0) is 25.1 Å². The Kier molecular flexibility index (Phi) is 5.98. The molecule has 2 aromatic rings. The van der Waals surface area contributed by atoms with E-state index in [1.807, 2.05) is 4.90 Å². The van der Waals surface area contributed by atoms with Crippen LogP contribution in [0.2, 0.25) is 0 Å². The zero-order valence-electron chi connectivity index (χ0n) is 15.0. The number of halogens is 3. The van der Waals surface area contributed by atoms with Gasteiger partial charge in [-0.1, -0.05) is 11.8 Å². The molecule has 0 radical (unpaired) electrons. The van der Waals surface area contributed by atoms with E-state index in [2.05, 4.69) is 15.5 Å². The van der Waals surface area contributed by atoms with Gasteiger partial charge in [0, 0.05) is 13.1 Å². The van der Waals surface area contributed by atoms with Crippen LogP contribution in [0.25, 0.3) is 0 Å². The van der Waals surface area contributed by atoms with Crippen molar-refractivity contribution in [2.45, 2.75) is 18.3 Å². The van der Waals surface area contributed by atoms with Crippen molar-refractivity contribution in [3.63, 3.8) is 0 Å². The number of rotatable bonds is 5. The fourth-order valence-electron chi connectivity index (χ4n) is 2.66. The Hall–Kier alpha value is -2.47. The molecule has 0 aliphatic carbocycles. The van der Waals surface area contributed by atoms with Gasteiger partial charge in [-0.2, -0.15) is 13.2 Å². The van der Waals surface area contributed by atoms with Crippen LogP contribution in [-0.4, -0.2) is 52.8 Å². The molecule has 28 heavy (non-hydrogen) atoms. The number of nitrogens with zero attached hydrogens (tertiary/aromatic N) is 4. The minimum Gasteiger partial charge on any atom is -0.378 e. The number of aryl methyl sites for hydroxylation is 1. The number of carbonyl (C=O) groups is 1. The maximum atomic E-state index is 13.1. The van der Waals surface area contributed by atoms with Crippen LogP contribution < -0.4 is 16.1 Å². The Morgan fingerprint density at radius 3 is 2.64 bits per heavy atom. The third kappa shape index (κ3) is 4.68. The number of hydrogen-bond donors (Lipinski definition) is 2. The van der Waals surface area contributed by atoms with E-state index in [4.69, 9.17) is 10.6 Å². The second kappa shape index (κ2) is 8.27. The Balaban J connectivity index is 1.77. The number of ether oxygens (including phenoxy) is 1. The highest BCUT2D eigenvalue weighted by atomic mass is 32.2. The number of benzene rings is 1. The van der Waals surface area contributed by atoms with Crippen LogP contribution >= 0.6 is 11.8 Å². The summed E-state index contributed by atoms with van der Waals surface area (Å²) in [6.07, 6.45) is -4.51. The average molecular weight is 416 g/mol. The first-order valence-corrected chi connectivity index (χ1v) is 9.38. The smallest absolute Gasteiger partial charge is 0.378 e. The monoisotopic (exact) mass is 416 g/mol. The number of amides is 1. The van der Waals surface area contributed by atoms with E-state index in [9.17, 15) is 18.0 Å². The van der Waals surface area contributed by atoms with Crippen molar-refractivity contribution < 1.29 is 22.7 Å². The number of morpholine rings is 1. The third-order valence-electron chi connectivity index (χ3n) is 4.12. The van der Waals surface area contributed by atoms with Gasteiger partial charge in [0.15, 0.2) is 0 Å². The van der Waals surface area contributed by atoms with Crippen molar-refractivity contribution >= 4 is 29.0 Å². The zero-order valence-corrected chi connectivity index (χ0v) is 15.8. The van der Waals surface area contributed by atoms with E-state index < -0.39 is 17.6 Å². The second-order valence-electron chi connectivity index (χ2n) is 6.07. The summed E-state index contributed by atoms with van der Waals surface area (Å²) in [5.41, 5.74) is -0.204. The van der Waals surface area contributed by atoms with Crippen molar-refractivity contribution in [1.82, 2.24) is 14.9 Å². The Morgan fingerprint density at radius 2 is 2.04 bits per heavy atom. The maximum absolute atomic E-state index is 13.1. The first-order chi connectivity index (χ1) is 13.3. The van der Waals surface area contributed by atoms with Gasteiger partial charge in [-0.15, -0.1) is 10.2 Å². The van der Waals surface area contributed by atoms with Crippen molar-refractivity contribution in [3.05, 3.63) is 29.6 Å². The quantitative estimate of drug-likeness (QED) is 0.567. The number of anilines is 2. The van der Waals surface area contributed by atoms with E-state index in [0.29, 0.717) is 43.0 Å². The normalized spacial score (nSPS) is 14.9. The van der Waals surface area contributed by atoms with Crippen LogP contribution in [0.5, 0.6) is 0 Å². The van der Waals surface area contributed by atoms with E-state index in [-0.39, 0.29) is 11.4 Å². The number of aromatic nitrogens is 3. The van der Waals surface area contributed by atoms with Gasteiger partial charge in [-0.25, -0.2) is 4.68 Å². The summed E-state index contributed by atoms with van der Waals surface area (Å²) >= 11 is 1.04. The average Bonchev–Trinajstić information content (AvgIpc) is 2.98. The van der Waals surface area contributed by atoms with Crippen LogP contribution in [0.4, 0.5) is 24.5 Å². The van der Waals surface area contributed by atoms with Gasteiger partial charge in [0.2, 0.25) is 11.1 Å². The number of thioether (sulfide) groups is 1. The van der Waals surface area contributed by atoms with Crippen LogP contribution in [0.15, 0.2) is 23.4 Å². The number of carbonyl (C=O) groups excluding carboxylic acids is 1. The van der Waals surface area contributed by atoms with Crippen LogP contribution in [0, 0.1) is 6.92 Å². The number of alkyl halides is 3. The van der Waals surface area contributed by atoms with E-state index >= 15 is 0 Å². The van der Waals surface area contributed by atoms with Crippen molar-refractivity contribution in [2.75, 3.05) is 48.1 Å². The molecule has 0 saturated carbocycles. The summed E-state index contributed by atoms with van der Waals surface area (Å²) in [7, 11) is 0. The predicted octanol–water partition coefficient (Wildman–Crippen LogP) is 1.89. The molecule has 0 spiro atoms. The molecular formula is C16H19F3N6O2S. The van der Waals surface area contributed by atoms with Gasteiger partial charge in [0.25, 0.3) is 0 Å². The lowest BCUT2D eigenvalue weighted by Crippen LogP contribution is -2.37. The molecule has 3 N–H and O–H groups in total. The molecule has 2 heterocycles. The molecule has 3 rings (SSSR count). The Morgan fingerprint density at radius 1 is 1.32 bits per heavy atom. The molecule has 0 bridgehead atoms. The molecule has 8 nitrogen and oxygen atoms in total. The lowest BCUT2D eigenvalue weighted by Gasteiger charge is -2.31. The molecule has 1 aliphatic rings. The van der Waals surface area contributed by atoms with Gasteiger partial charge < -0.3 is 20.8 Å². The third-order valence-corrected chi connectivity index (χ3v) is 5.06. The highest BCUT2D eigenvalue weighted by Crippen LogP contribution is 2.36. The van der Waals surface area contributed by atoms with Gasteiger partial charge in [0.1, 0.15) is 5.82 Å². The Labute approximate surface area is 163 Å². The molecule has 1 saturated heterocycles. The first-order valence-electron chi connectivity index (χ1n) is 8.39. The molecule has 12 heteroatoms. The summed E-state index contributed by atoms with van der Waals surface area (Å²) in [4.78, 5) is 14.2. The second-order valence-corrected chi connectivity index (χ2v) is 7.01. The summed E-state index contributed by atoms with van der Waals surface area (Å²) in [6, 6.07) is 3.33. The highest BCUT2D eigenvalue weighted by Gasteiger charge is 2.32. The van der Waals surface area contributed by atoms with E-state index in [1.165, 1.54) is 10.7 Å². The molecule has 1 aromatic carbocycles. The maximum Gasteiger partial charge on any atom is 0.416 e. The van der Waals surface area contributed by atoms with Gasteiger partial charge >= 0.3 is 6.18 Å². The van der Waals surface area contributed by atoms with E-state index in [0.717, 1.165) is 23.9 Å². The molecule has 0 unspecified atom stereocenters. The number of hydrogen-bond acceptors (Lipinski definition) is 7. The fraction of sp³-hybridized carbons (Fsp3) is 0.438. The molecule has 152 valence electrons. The molecule has 1 fully saturated rings. The standard InChI is InChI=1S/C16H19F3N6O2S/c1-10-22-23-15(25(10)20)28-9-14(26)21-12-8-11(16(17,18)19)2-3-13(12)24-4-6-27-7-5-24/h2-3,8H,4-7,9,20H2,1H3,(H,21,26). The summed E-state index contributed by atoms with van der Waals surface area (Å²) in [5, 5.41) is 10.5. The number of nitrogen functional groups attached to an aromatic ring is 1. The molecule has 1 amide bonds. The van der Waals surface area contributed by atoms with Crippen molar-refractivity contribution in [1.29, 1.82) is 0 Å². The lowest BCUT2D eigenvalue weighted by atomic mass is 10.1. The Bertz CT molecular complexity index is 851. The topological polar surface area (TPSA) is 98.3 Å². The number of nitrogens with one attached hydrogen (secondary N) is 1. The number of nitrogens with two attached hydrogens (primary N) is 1. The largest absolute Gasteiger partial charge is 0.416 e. The van der Waals surface area contributed by atoms with Gasteiger partial charge in [-0.3, -0.25) is 4.79 Å². The highest BCUT2D eigenvalue weighted by molar-refractivity contribution is 7.99. The van der Waals surface area contributed by atoms with Crippen LogP contribution in [0.1, 0.15) is 11.4 Å². The SMILES string of the molecule is Cc1nnc(SCC(=O)Nc2cc(C(F)(F)F)ccc2N2CCOCC2)n1N. The fourth-order valence-corrected chi connectivity index (χ4v) is 3.36. The first kappa shape index (κ1) is 20.3. The lowest BCUT2D eigenvalue weighted by molar-refractivity contribution is -0.137. The van der Waals surface area contributed by atoms with Crippen LogP contribution in [0.3, 0.4) is 0 Å². The molecule has 1 aromatic heterocycles. The molecule has 0 atom stereocenters. The summed E-state index contributed by atoms with van der Waals surface area (Å²) in [5.74, 6) is 5.66. The summed E-state index contributed by atoms with van der Waals surface area (Å²) < 4.78 is 45.9. The summed E-state index contributed by atoms with van der Waals surface area (Å²) in [6.45, 7) is 3.65. The van der Waals surface area contributed by atoms with Crippen LogP contribution in [-0.2, 0) is 15.7 Å². The predicted molar refractivity (Wildman–Crippen MR) is 98.7 cm³/mol. The molecular weight excluding hydrogens is 397 g/mol. The zero-order chi connectivity index (χ0) is 20.3. The van der Waals surface area contributed by atoms with Crippen molar-refractivity contribution in [2.24, 2.45) is 0 Å². The minimum absolute atomic E-state index is 0.0753. The van der Waals surface area contributed by atoms with Gasteiger partial charge in [0.05, 0.1) is 35.9 Å². The molecule has 1 aliphatic heterocycles. The minimum atomic E-state index is -4.51.